The summed E-state index contributed by atoms with van der Waals surface area (Å²) >= 11 is 0. The van der Waals surface area contributed by atoms with Crippen molar-refractivity contribution in [3.8, 4) is 0 Å². The lowest BCUT2D eigenvalue weighted by Crippen LogP contribution is -2.51. The molecule has 0 saturated heterocycles. The van der Waals surface area contributed by atoms with Gasteiger partial charge in [0.2, 0.25) is 8.32 Å². The van der Waals surface area contributed by atoms with Crippen LogP contribution in [0.25, 0.3) is 0 Å². The molecule has 3 nitrogen and oxygen atoms in total. The molecule has 0 radical (unpaired) electrons. The number of hydrogen-bond donors (Lipinski definition) is 0. The predicted octanol–water partition coefficient (Wildman–Crippen LogP) is 7.44. The van der Waals surface area contributed by atoms with Crippen molar-refractivity contribution in [2.24, 2.45) is 0 Å². The molecule has 29 heavy (non-hydrogen) atoms. The summed E-state index contributed by atoms with van der Waals surface area (Å²) in [5.74, 6) is 0.967. The molecule has 1 aliphatic rings. The second kappa shape index (κ2) is 8.33. The molecule has 0 spiro atoms. The highest BCUT2D eigenvalue weighted by molar-refractivity contribution is 6.74. The second-order valence-electron chi connectivity index (χ2n) is 11.4. The molecule has 0 saturated carbocycles. The molecule has 0 aromatic heterocycles. The van der Waals surface area contributed by atoms with Crippen molar-refractivity contribution in [1.29, 1.82) is 0 Å². The number of ether oxygens (including phenoxy) is 1. The molecule has 5 heteroatoms. The molecule has 1 aromatic rings. The normalized spacial score (nSPS) is 24.2. The Morgan fingerprint density at radius 3 is 1.83 bits per heavy atom. The van der Waals surface area contributed by atoms with Crippen LogP contribution >= 0.6 is 0 Å². The summed E-state index contributed by atoms with van der Waals surface area (Å²) in [7, 11) is -3.99. The SMILES string of the molecule is C[C@@H]1O[C@@H](c2ccccc2)C=C(O[Si](C)(C)C(C)(C)C)[C@H]1O[Si](C)(C)C(C)(C)C. The third kappa shape index (κ3) is 5.63. The zero-order valence-corrected chi connectivity index (χ0v) is 22.4. The molecular formula is C24H42O3Si2. The third-order valence-electron chi connectivity index (χ3n) is 6.92. The van der Waals surface area contributed by atoms with Crippen molar-refractivity contribution in [3.63, 3.8) is 0 Å². The van der Waals surface area contributed by atoms with Gasteiger partial charge in [-0.2, -0.15) is 0 Å². The molecule has 1 heterocycles. The van der Waals surface area contributed by atoms with Crippen molar-refractivity contribution in [1.82, 2.24) is 0 Å². The van der Waals surface area contributed by atoms with E-state index in [0.29, 0.717) is 0 Å². The highest BCUT2D eigenvalue weighted by Crippen LogP contribution is 2.44. The van der Waals surface area contributed by atoms with Crippen LogP contribution in [0.2, 0.25) is 36.3 Å². The van der Waals surface area contributed by atoms with E-state index in [0.717, 1.165) is 11.3 Å². The van der Waals surface area contributed by atoms with Gasteiger partial charge >= 0.3 is 0 Å². The van der Waals surface area contributed by atoms with Gasteiger partial charge in [-0.3, -0.25) is 0 Å². The summed E-state index contributed by atoms with van der Waals surface area (Å²) in [6, 6.07) is 10.4. The number of benzene rings is 1. The van der Waals surface area contributed by atoms with Crippen LogP contribution in [0.5, 0.6) is 0 Å². The zero-order valence-electron chi connectivity index (χ0n) is 20.4. The molecule has 0 unspecified atom stereocenters. The van der Waals surface area contributed by atoms with Crippen LogP contribution in [0.15, 0.2) is 42.2 Å². The van der Waals surface area contributed by atoms with Crippen LogP contribution in [0.4, 0.5) is 0 Å². The smallest absolute Gasteiger partial charge is 0.250 e. The van der Waals surface area contributed by atoms with Crippen molar-refractivity contribution in [2.45, 2.75) is 103 Å². The van der Waals surface area contributed by atoms with Crippen LogP contribution in [-0.2, 0) is 13.6 Å². The lowest BCUT2D eigenvalue weighted by atomic mass is 10.0. The van der Waals surface area contributed by atoms with E-state index >= 15 is 0 Å². The minimum absolute atomic E-state index is 0.0703. The fraction of sp³-hybridized carbons (Fsp3) is 0.667. The number of rotatable bonds is 5. The summed E-state index contributed by atoms with van der Waals surface area (Å²) in [6.07, 6.45) is 1.82. The Morgan fingerprint density at radius 2 is 1.34 bits per heavy atom. The largest absolute Gasteiger partial charge is 0.545 e. The van der Waals surface area contributed by atoms with E-state index in [1.165, 1.54) is 0 Å². The van der Waals surface area contributed by atoms with Gasteiger partial charge < -0.3 is 13.6 Å². The Kier molecular flexibility index (Phi) is 7.00. The average Bonchev–Trinajstić information content (AvgIpc) is 2.56. The second-order valence-corrected chi connectivity index (χ2v) is 20.9. The molecule has 2 rings (SSSR count). The molecule has 0 aliphatic carbocycles. The van der Waals surface area contributed by atoms with Gasteiger partial charge in [-0.05, 0) is 54.8 Å². The third-order valence-corrected chi connectivity index (χ3v) is 15.7. The van der Waals surface area contributed by atoms with Gasteiger partial charge in [0.25, 0.3) is 0 Å². The maximum absolute atomic E-state index is 6.85. The van der Waals surface area contributed by atoms with Gasteiger partial charge in [0.15, 0.2) is 8.32 Å². The lowest BCUT2D eigenvalue weighted by molar-refractivity contribution is -0.0624. The van der Waals surface area contributed by atoms with E-state index < -0.39 is 16.6 Å². The Morgan fingerprint density at radius 1 is 0.828 bits per heavy atom. The standard InChI is InChI=1S/C24H42O3Si2/c1-18-22(27-29(10,11)24(5,6)7)21(26-28(8,9)23(2,3)4)17-20(25-18)19-15-13-12-14-16-19/h12-18,20,22H,1-11H3/t18-,20+,22-/m0/s1. The van der Waals surface area contributed by atoms with E-state index in [1.54, 1.807) is 0 Å². The van der Waals surface area contributed by atoms with Gasteiger partial charge in [0.05, 0.1) is 6.10 Å². The van der Waals surface area contributed by atoms with E-state index in [-0.39, 0.29) is 28.4 Å². The summed E-state index contributed by atoms with van der Waals surface area (Å²) in [6.45, 7) is 25.0. The van der Waals surface area contributed by atoms with Crippen LogP contribution in [0.3, 0.4) is 0 Å². The van der Waals surface area contributed by atoms with Gasteiger partial charge in [-0.1, -0.05) is 71.9 Å². The van der Waals surface area contributed by atoms with E-state index in [2.05, 4.69) is 105 Å². The molecule has 1 aliphatic heterocycles. The molecule has 0 bridgehead atoms. The zero-order chi connectivity index (χ0) is 22.3. The highest BCUT2D eigenvalue weighted by Gasteiger charge is 2.46. The molecule has 0 amide bonds. The Balaban J connectivity index is 2.45. The highest BCUT2D eigenvalue weighted by atomic mass is 28.4. The summed E-state index contributed by atoms with van der Waals surface area (Å²) in [5.41, 5.74) is 1.15. The van der Waals surface area contributed by atoms with Crippen molar-refractivity contribution in [3.05, 3.63) is 47.7 Å². The minimum Gasteiger partial charge on any atom is -0.545 e. The summed E-state index contributed by atoms with van der Waals surface area (Å²) < 4.78 is 20.1. The number of hydrogen-bond acceptors (Lipinski definition) is 3. The molecule has 1 aromatic carbocycles. The molecule has 3 atom stereocenters. The lowest BCUT2D eigenvalue weighted by Gasteiger charge is -2.46. The fourth-order valence-electron chi connectivity index (χ4n) is 2.82. The van der Waals surface area contributed by atoms with Crippen LogP contribution < -0.4 is 0 Å². The predicted molar refractivity (Wildman–Crippen MR) is 128 cm³/mol. The van der Waals surface area contributed by atoms with Crippen LogP contribution in [-0.4, -0.2) is 28.8 Å². The van der Waals surface area contributed by atoms with E-state index in [1.807, 2.05) is 6.07 Å². The van der Waals surface area contributed by atoms with Gasteiger partial charge in [-0.15, -0.1) is 0 Å². The quantitative estimate of drug-likeness (QED) is 0.451. The first kappa shape index (κ1) is 24.4. The maximum atomic E-state index is 6.85. The fourth-order valence-corrected chi connectivity index (χ4v) is 5.20. The Labute approximate surface area is 181 Å². The van der Waals surface area contributed by atoms with Crippen LogP contribution in [0, 0.1) is 0 Å². The van der Waals surface area contributed by atoms with Gasteiger partial charge in [-0.25, -0.2) is 0 Å². The van der Waals surface area contributed by atoms with Crippen molar-refractivity contribution < 1.29 is 13.6 Å². The Bertz CT molecular complexity index is 712. The van der Waals surface area contributed by atoms with Crippen molar-refractivity contribution >= 4 is 16.6 Å². The van der Waals surface area contributed by atoms with E-state index in [9.17, 15) is 0 Å². The van der Waals surface area contributed by atoms with Crippen molar-refractivity contribution in [2.75, 3.05) is 0 Å². The first-order chi connectivity index (χ1) is 13.1. The summed E-state index contributed by atoms with van der Waals surface area (Å²) in [5, 5.41) is 0.254. The van der Waals surface area contributed by atoms with E-state index in [4.69, 9.17) is 13.6 Å². The maximum Gasteiger partial charge on any atom is 0.250 e. The molecule has 0 fully saturated rings. The summed E-state index contributed by atoms with van der Waals surface area (Å²) in [4.78, 5) is 0. The van der Waals surface area contributed by atoms with Crippen LogP contribution in [0.1, 0.15) is 60.1 Å². The monoisotopic (exact) mass is 434 g/mol. The Hall–Kier alpha value is -0.886. The molecule has 0 N–H and O–H groups in total. The molecular weight excluding hydrogens is 392 g/mol. The topological polar surface area (TPSA) is 27.7 Å². The molecule has 164 valence electrons. The average molecular weight is 435 g/mol. The first-order valence-electron chi connectivity index (χ1n) is 10.8. The first-order valence-corrected chi connectivity index (χ1v) is 16.7. The van der Waals surface area contributed by atoms with Gasteiger partial charge in [0.1, 0.15) is 18.0 Å². The minimum atomic E-state index is -2.00. The van der Waals surface area contributed by atoms with Gasteiger partial charge in [0, 0.05) is 0 Å².